The van der Waals surface area contributed by atoms with E-state index in [1.165, 1.54) is 0 Å². The second-order valence-corrected chi connectivity index (χ2v) is 11.7. The fourth-order valence-corrected chi connectivity index (χ4v) is 6.25. The van der Waals surface area contributed by atoms with Crippen LogP contribution in [0.25, 0.3) is 5.69 Å². The molecule has 1 fully saturated rings. The highest BCUT2D eigenvalue weighted by Crippen LogP contribution is 2.44. The van der Waals surface area contributed by atoms with Gasteiger partial charge in [-0.25, -0.2) is 0 Å². The van der Waals surface area contributed by atoms with Crippen molar-refractivity contribution in [2.75, 3.05) is 35.8 Å². The van der Waals surface area contributed by atoms with E-state index in [9.17, 15) is 4.79 Å². The standard InChI is InChI=1S/C36H36N6O2S/c1-24-22-31(25(2)41(24)28-19-17-27(18-20-28)40(3)4)35-34(32-12-8-9-21-37-32)39-36(45)42(35)29-15-13-26(14-16-29)38-33(43)23-44-30-10-6-5-7-11-30/h5-22,34-35H,23H2,1-4H3,(H,38,43)(H,39,45)/t34-,35+/m1/s1. The molecule has 8 nitrogen and oxygen atoms in total. The van der Waals surface area contributed by atoms with Gasteiger partial charge in [0, 0.05) is 54.4 Å². The Hall–Kier alpha value is -5.15. The summed E-state index contributed by atoms with van der Waals surface area (Å²) in [5, 5.41) is 7.09. The van der Waals surface area contributed by atoms with E-state index in [2.05, 4.69) is 69.2 Å². The maximum absolute atomic E-state index is 12.6. The van der Waals surface area contributed by atoms with Crippen molar-refractivity contribution >= 4 is 40.3 Å². The molecule has 0 radical (unpaired) electrons. The van der Waals surface area contributed by atoms with E-state index in [0.717, 1.165) is 39.7 Å². The van der Waals surface area contributed by atoms with Gasteiger partial charge in [-0.15, -0.1) is 0 Å². The van der Waals surface area contributed by atoms with Crippen LogP contribution in [-0.4, -0.2) is 41.3 Å². The maximum Gasteiger partial charge on any atom is 0.262 e. The molecule has 2 aromatic heterocycles. The number of amides is 1. The van der Waals surface area contributed by atoms with E-state index in [1.54, 1.807) is 0 Å². The molecule has 0 bridgehead atoms. The zero-order valence-corrected chi connectivity index (χ0v) is 26.6. The van der Waals surface area contributed by atoms with Gasteiger partial charge in [-0.1, -0.05) is 24.3 Å². The second-order valence-electron chi connectivity index (χ2n) is 11.3. The molecule has 1 amide bonds. The first-order valence-electron chi connectivity index (χ1n) is 14.8. The van der Waals surface area contributed by atoms with E-state index >= 15 is 0 Å². The number of carbonyl (C=O) groups is 1. The Labute approximate surface area is 269 Å². The van der Waals surface area contributed by atoms with Crippen LogP contribution in [-0.2, 0) is 4.79 Å². The van der Waals surface area contributed by atoms with Crippen molar-refractivity contribution in [3.63, 3.8) is 0 Å². The van der Waals surface area contributed by atoms with E-state index < -0.39 is 0 Å². The van der Waals surface area contributed by atoms with Crippen molar-refractivity contribution in [3.05, 3.63) is 132 Å². The summed E-state index contributed by atoms with van der Waals surface area (Å²) in [7, 11) is 4.09. The lowest BCUT2D eigenvalue weighted by atomic mass is 9.96. The summed E-state index contributed by atoms with van der Waals surface area (Å²) in [5.41, 5.74) is 8.18. The van der Waals surface area contributed by atoms with Crippen LogP contribution in [0.5, 0.6) is 5.75 Å². The lowest BCUT2D eigenvalue weighted by Crippen LogP contribution is -2.29. The van der Waals surface area contributed by atoms with Crippen molar-refractivity contribution in [1.82, 2.24) is 14.9 Å². The van der Waals surface area contributed by atoms with Gasteiger partial charge in [-0.3, -0.25) is 9.78 Å². The van der Waals surface area contributed by atoms with Gasteiger partial charge in [0.05, 0.1) is 17.8 Å². The molecule has 1 aliphatic heterocycles. The van der Waals surface area contributed by atoms with Crippen LogP contribution < -0.4 is 25.2 Å². The first-order chi connectivity index (χ1) is 21.8. The van der Waals surface area contributed by atoms with E-state index in [0.29, 0.717) is 16.5 Å². The minimum atomic E-state index is -0.232. The summed E-state index contributed by atoms with van der Waals surface area (Å²) < 4.78 is 7.88. The molecule has 0 saturated carbocycles. The minimum Gasteiger partial charge on any atom is -0.484 e. The Kier molecular flexibility index (Phi) is 8.53. The number of pyridine rings is 1. The monoisotopic (exact) mass is 616 g/mol. The third-order valence-electron chi connectivity index (χ3n) is 8.05. The number of aryl methyl sites for hydroxylation is 1. The summed E-state index contributed by atoms with van der Waals surface area (Å²) in [6.07, 6.45) is 1.81. The number of hydrogen-bond acceptors (Lipinski definition) is 5. The van der Waals surface area contributed by atoms with Gasteiger partial charge in [0.1, 0.15) is 5.75 Å². The third kappa shape index (κ3) is 6.25. The van der Waals surface area contributed by atoms with Crippen molar-refractivity contribution in [3.8, 4) is 11.4 Å². The summed E-state index contributed by atoms with van der Waals surface area (Å²) >= 11 is 5.96. The summed E-state index contributed by atoms with van der Waals surface area (Å²) in [5.74, 6) is 0.417. The predicted octanol–water partition coefficient (Wildman–Crippen LogP) is 6.75. The first kappa shape index (κ1) is 29.9. The molecule has 1 aliphatic rings. The van der Waals surface area contributed by atoms with Gasteiger partial charge >= 0.3 is 0 Å². The molecular formula is C36H36N6O2S. The number of hydrogen-bond donors (Lipinski definition) is 2. The van der Waals surface area contributed by atoms with Crippen LogP contribution in [0.1, 0.15) is 34.7 Å². The normalized spacial score (nSPS) is 15.9. The number of aromatic nitrogens is 2. The maximum atomic E-state index is 12.6. The van der Waals surface area contributed by atoms with Crippen LogP contribution >= 0.6 is 12.2 Å². The molecular weight excluding hydrogens is 581 g/mol. The third-order valence-corrected chi connectivity index (χ3v) is 8.37. The SMILES string of the molecule is Cc1cc([C@H]2[C@@H](c3ccccn3)NC(=S)N2c2ccc(NC(=O)COc3ccccc3)cc2)c(C)n1-c1ccc(N(C)C)cc1. The van der Waals surface area contributed by atoms with E-state index in [1.807, 2.05) is 93.1 Å². The van der Waals surface area contributed by atoms with Gasteiger partial charge in [-0.2, -0.15) is 0 Å². The van der Waals surface area contributed by atoms with Gasteiger partial charge in [0.15, 0.2) is 11.7 Å². The molecule has 2 atom stereocenters. The largest absolute Gasteiger partial charge is 0.484 e. The number of nitrogens with one attached hydrogen (secondary N) is 2. The summed E-state index contributed by atoms with van der Waals surface area (Å²) in [6, 6.07) is 33.5. The zero-order valence-electron chi connectivity index (χ0n) is 25.8. The lowest BCUT2D eigenvalue weighted by molar-refractivity contribution is -0.118. The molecule has 228 valence electrons. The molecule has 45 heavy (non-hydrogen) atoms. The van der Waals surface area contributed by atoms with Crippen molar-refractivity contribution < 1.29 is 9.53 Å². The number of para-hydroxylation sites is 1. The van der Waals surface area contributed by atoms with Gasteiger partial charge in [0.2, 0.25) is 0 Å². The molecule has 3 heterocycles. The lowest BCUT2D eigenvalue weighted by Gasteiger charge is -2.28. The molecule has 3 aromatic carbocycles. The van der Waals surface area contributed by atoms with Crippen LogP contribution in [0, 0.1) is 13.8 Å². The fourth-order valence-electron chi connectivity index (χ4n) is 5.90. The fraction of sp³-hybridized carbons (Fsp3) is 0.194. The molecule has 0 aliphatic carbocycles. The molecule has 0 unspecified atom stereocenters. The summed E-state index contributed by atoms with van der Waals surface area (Å²) in [6.45, 7) is 4.22. The number of nitrogens with zero attached hydrogens (tertiary/aromatic N) is 4. The number of carbonyl (C=O) groups excluding carboxylic acids is 1. The Morgan fingerprint density at radius 3 is 2.29 bits per heavy atom. The molecule has 5 aromatic rings. The quantitative estimate of drug-likeness (QED) is 0.178. The highest BCUT2D eigenvalue weighted by Gasteiger charge is 2.42. The van der Waals surface area contributed by atoms with Crippen molar-refractivity contribution in [1.29, 1.82) is 0 Å². The van der Waals surface area contributed by atoms with Gasteiger partial charge in [-0.05, 0) is 110 Å². The predicted molar refractivity (Wildman–Crippen MR) is 185 cm³/mol. The van der Waals surface area contributed by atoms with E-state index in [-0.39, 0.29) is 24.6 Å². The second kappa shape index (κ2) is 12.8. The number of rotatable bonds is 9. The topological polar surface area (TPSA) is 74.7 Å². The van der Waals surface area contributed by atoms with Crippen LogP contribution in [0.15, 0.2) is 109 Å². The van der Waals surface area contributed by atoms with Crippen LogP contribution in [0.2, 0.25) is 0 Å². The van der Waals surface area contributed by atoms with Crippen molar-refractivity contribution in [2.24, 2.45) is 0 Å². The number of benzene rings is 3. The van der Waals surface area contributed by atoms with Crippen LogP contribution in [0.4, 0.5) is 17.1 Å². The van der Waals surface area contributed by atoms with Gasteiger partial charge < -0.3 is 29.7 Å². The average molecular weight is 617 g/mol. The average Bonchev–Trinajstić information content (AvgIpc) is 3.55. The van der Waals surface area contributed by atoms with Crippen LogP contribution in [0.3, 0.4) is 0 Å². The minimum absolute atomic E-state index is 0.0762. The highest BCUT2D eigenvalue weighted by atomic mass is 32.1. The molecule has 1 saturated heterocycles. The summed E-state index contributed by atoms with van der Waals surface area (Å²) in [4.78, 5) is 21.5. The molecule has 6 rings (SSSR count). The molecule has 9 heteroatoms. The zero-order chi connectivity index (χ0) is 31.5. The number of ether oxygens (including phenoxy) is 1. The first-order valence-corrected chi connectivity index (χ1v) is 15.3. The Morgan fingerprint density at radius 2 is 1.62 bits per heavy atom. The number of anilines is 3. The Balaban J connectivity index is 1.30. The Bertz CT molecular complexity index is 1790. The molecule has 2 N–H and O–H groups in total. The van der Waals surface area contributed by atoms with Crippen molar-refractivity contribution in [2.45, 2.75) is 25.9 Å². The highest BCUT2D eigenvalue weighted by molar-refractivity contribution is 7.80. The van der Waals surface area contributed by atoms with Gasteiger partial charge in [0.25, 0.3) is 5.91 Å². The Morgan fingerprint density at radius 1 is 0.933 bits per heavy atom. The van der Waals surface area contributed by atoms with E-state index in [4.69, 9.17) is 21.9 Å². The smallest absolute Gasteiger partial charge is 0.262 e. The number of thiocarbonyl (C=S) groups is 1. The molecule has 0 spiro atoms.